The molecule has 1 aromatic rings. The van der Waals surface area contributed by atoms with Crippen LogP contribution < -0.4 is 5.73 Å². The zero-order chi connectivity index (χ0) is 10.6. The van der Waals surface area contributed by atoms with Crippen LogP contribution in [0.5, 0.6) is 0 Å². The molecular weight excluding hydrogens is 176 g/mol. The predicted molar refractivity (Wildman–Crippen MR) is 56.6 cm³/mol. The largest absolute Gasteiger partial charge is 0.370 e. The number of pyridine rings is 1. The van der Waals surface area contributed by atoms with Crippen molar-refractivity contribution in [1.29, 1.82) is 0 Å². The summed E-state index contributed by atoms with van der Waals surface area (Å²) in [6, 6.07) is 3.82. The second kappa shape index (κ2) is 4.56. The molecule has 74 valence electrons. The lowest BCUT2D eigenvalue weighted by atomic mass is 10.0. The molecule has 1 rings (SSSR count). The molecular formula is C11H14N2O. The van der Waals surface area contributed by atoms with Gasteiger partial charge in [0.05, 0.1) is 0 Å². The van der Waals surface area contributed by atoms with Crippen LogP contribution in [0.4, 0.5) is 0 Å². The van der Waals surface area contributed by atoms with Crippen molar-refractivity contribution >= 4 is 12.0 Å². The van der Waals surface area contributed by atoms with Gasteiger partial charge in [-0.2, -0.15) is 0 Å². The number of hydrogen-bond donors (Lipinski definition) is 1. The molecule has 0 aliphatic heterocycles. The van der Waals surface area contributed by atoms with Gasteiger partial charge in [-0.3, -0.25) is 9.78 Å². The van der Waals surface area contributed by atoms with Gasteiger partial charge in [0, 0.05) is 24.2 Å². The molecule has 0 radical (unpaired) electrons. The van der Waals surface area contributed by atoms with Crippen molar-refractivity contribution in [2.45, 2.75) is 19.3 Å². The standard InChI is InChI=1S/C11H14N2O/c1-3-9-4-5-10(13-7-9)8(2)6-11(12)14/h3-5,7-8H,1,6H2,2H3,(H2,12,14)/t8-/m1/s1. The van der Waals surface area contributed by atoms with Gasteiger partial charge in [-0.1, -0.05) is 25.6 Å². The maximum Gasteiger partial charge on any atom is 0.218 e. The Morgan fingerprint density at radius 3 is 2.86 bits per heavy atom. The highest BCUT2D eigenvalue weighted by Crippen LogP contribution is 2.16. The second-order valence-corrected chi connectivity index (χ2v) is 3.29. The minimum Gasteiger partial charge on any atom is -0.370 e. The average molecular weight is 190 g/mol. The Balaban J connectivity index is 2.75. The molecule has 1 amide bonds. The third kappa shape index (κ3) is 2.69. The first-order chi connectivity index (χ1) is 6.63. The van der Waals surface area contributed by atoms with E-state index < -0.39 is 0 Å². The Labute approximate surface area is 83.7 Å². The van der Waals surface area contributed by atoms with Gasteiger partial charge in [0.15, 0.2) is 0 Å². The lowest BCUT2D eigenvalue weighted by molar-refractivity contribution is -0.118. The van der Waals surface area contributed by atoms with Crippen molar-refractivity contribution in [1.82, 2.24) is 4.98 Å². The fourth-order valence-electron chi connectivity index (χ4n) is 1.24. The molecule has 2 N–H and O–H groups in total. The zero-order valence-corrected chi connectivity index (χ0v) is 8.23. The number of primary amides is 1. The van der Waals surface area contributed by atoms with Gasteiger partial charge < -0.3 is 5.73 Å². The number of rotatable bonds is 4. The lowest BCUT2D eigenvalue weighted by Crippen LogP contribution is -2.14. The first-order valence-corrected chi connectivity index (χ1v) is 4.50. The third-order valence-electron chi connectivity index (χ3n) is 2.06. The predicted octanol–water partition coefficient (Wildman–Crippen LogP) is 1.70. The normalized spacial score (nSPS) is 12.1. The number of carbonyl (C=O) groups is 1. The molecule has 1 aromatic heterocycles. The molecule has 0 aliphatic rings. The van der Waals surface area contributed by atoms with Crippen LogP contribution in [0.15, 0.2) is 24.9 Å². The summed E-state index contributed by atoms with van der Waals surface area (Å²) in [6.07, 6.45) is 3.80. The molecule has 0 saturated carbocycles. The summed E-state index contributed by atoms with van der Waals surface area (Å²) >= 11 is 0. The maximum absolute atomic E-state index is 10.7. The Kier molecular flexibility index (Phi) is 3.40. The van der Waals surface area contributed by atoms with Crippen LogP contribution in [0, 0.1) is 0 Å². The van der Waals surface area contributed by atoms with Crippen molar-refractivity contribution in [2.75, 3.05) is 0 Å². The van der Waals surface area contributed by atoms with Crippen LogP contribution >= 0.6 is 0 Å². The monoisotopic (exact) mass is 190 g/mol. The average Bonchev–Trinajstić information content (AvgIpc) is 2.17. The van der Waals surface area contributed by atoms with Gasteiger partial charge in [-0.05, 0) is 11.6 Å². The number of aromatic nitrogens is 1. The first-order valence-electron chi connectivity index (χ1n) is 4.50. The third-order valence-corrected chi connectivity index (χ3v) is 2.06. The molecule has 0 spiro atoms. The minimum atomic E-state index is -0.299. The smallest absolute Gasteiger partial charge is 0.218 e. The van der Waals surface area contributed by atoms with E-state index in [2.05, 4.69) is 11.6 Å². The highest BCUT2D eigenvalue weighted by atomic mass is 16.1. The fraction of sp³-hybridized carbons (Fsp3) is 0.273. The minimum absolute atomic E-state index is 0.0753. The van der Waals surface area contributed by atoms with Gasteiger partial charge in [0.1, 0.15) is 0 Å². The second-order valence-electron chi connectivity index (χ2n) is 3.29. The molecule has 0 fully saturated rings. The summed E-state index contributed by atoms with van der Waals surface area (Å²) < 4.78 is 0. The molecule has 3 heteroatoms. The number of nitrogens with two attached hydrogens (primary N) is 1. The quantitative estimate of drug-likeness (QED) is 0.785. The van der Waals surface area contributed by atoms with Gasteiger partial charge >= 0.3 is 0 Å². The van der Waals surface area contributed by atoms with Gasteiger partial charge in [0.25, 0.3) is 0 Å². The van der Waals surface area contributed by atoms with Crippen LogP contribution in [-0.2, 0) is 4.79 Å². The van der Waals surface area contributed by atoms with E-state index in [4.69, 9.17) is 5.73 Å². The van der Waals surface area contributed by atoms with E-state index in [1.54, 1.807) is 12.3 Å². The summed E-state index contributed by atoms with van der Waals surface area (Å²) in [4.78, 5) is 14.9. The van der Waals surface area contributed by atoms with E-state index in [0.29, 0.717) is 6.42 Å². The fourth-order valence-corrected chi connectivity index (χ4v) is 1.24. The molecule has 0 aliphatic carbocycles. The van der Waals surface area contributed by atoms with E-state index in [1.807, 2.05) is 19.1 Å². The van der Waals surface area contributed by atoms with E-state index in [0.717, 1.165) is 11.3 Å². The number of amides is 1. The molecule has 0 unspecified atom stereocenters. The van der Waals surface area contributed by atoms with Crippen LogP contribution in [0.3, 0.4) is 0 Å². The molecule has 14 heavy (non-hydrogen) atoms. The van der Waals surface area contributed by atoms with Crippen molar-refractivity contribution in [3.05, 3.63) is 36.2 Å². The summed E-state index contributed by atoms with van der Waals surface area (Å²) in [5.41, 5.74) is 6.96. The van der Waals surface area contributed by atoms with Crippen molar-refractivity contribution in [3.63, 3.8) is 0 Å². The maximum atomic E-state index is 10.7. The molecule has 0 saturated heterocycles. The van der Waals surface area contributed by atoms with E-state index >= 15 is 0 Å². The SMILES string of the molecule is C=Cc1ccc([C@H](C)CC(N)=O)nc1. The van der Waals surface area contributed by atoms with E-state index in [1.165, 1.54) is 0 Å². The molecule has 1 heterocycles. The number of hydrogen-bond acceptors (Lipinski definition) is 2. The van der Waals surface area contributed by atoms with E-state index in [-0.39, 0.29) is 11.8 Å². The summed E-state index contributed by atoms with van der Waals surface area (Å²) in [5, 5.41) is 0. The molecule has 1 atom stereocenters. The molecule has 3 nitrogen and oxygen atoms in total. The highest BCUT2D eigenvalue weighted by Gasteiger charge is 2.09. The summed E-state index contributed by atoms with van der Waals surface area (Å²) in [5.74, 6) is -0.224. The van der Waals surface area contributed by atoms with Gasteiger partial charge in [-0.15, -0.1) is 0 Å². The van der Waals surface area contributed by atoms with Crippen LogP contribution in [0.2, 0.25) is 0 Å². The van der Waals surface area contributed by atoms with Crippen molar-refractivity contribution in [3.8, 4) is 0 Å². The van der Waals surface area contributed by atoms with Crippen molar-refractivity contribution in [2.24, 2.45) is 5.73 Å². The van der Waals surface area contributed by atoms with Crippen LogP contribution in [0.1, 0.15) is 30.5 Å². The number of carbonyl (C=O) groups excluding carboxylic acids is 1. The topological polar surface area (TPSA) is 56.0 Å². The zero-order valence-electron chi connectivity index (χ0n) is 8.23. The van der Waals surface area contributed by atoms with E-state index in [9.17, 15) is 4.79 Å². The Hall–Kier alpha value is -1.64. The number of nitrogens with zero attached hydrogens (tertiary/aromatic N) is 1. The Bertz CT molecular complexity index is 330. The molecule has 0 bridgehead atoms. The molecule has 0 aromatic carbocycles. The summed E-state index contributed by atoms with van der Waals surface area (Å²) in [7, 11) is 0. The summed E-state index contributed by atoms with van der Waals surface area (Å²) in [6.45, 7) is 5.57. The van der Waals surface area contributed by atoms with Gasteiger partial charge in [0.2, 0.25) is 5.91 Å². The van der Waals surface area contributed by atoms with Crippen molar-refractivity contribution < 1.29 is 4.79 Å². The Morgan fingerprint density at radius 1 is 1.71 bits per heavy atom. The van der Waals surface area contributed by atoms with Crippen LogP contribution in [-0.4, -0.2) is 10.9 Å². The first kappa shape index (κ1) is 10.4. The van der Waals surface area contributed by atoms with Crippen LogP contribution in [0.25, 0.3) is 6.08 Å². The highest BCUT2D eigenvalue weighted by molar-refractivity contribution is 5.74. The lowest BCUT2D eigenvalue weighted by Gasteiger charge is -2.08. The van der Waals surface area contributed by atoms with Gasteiger partial charge in [-0.25, -0.2) is 0 Å². The Morgan fingerprint density at radius 2 is 2.43 bits per heavy atom.